The highest BCUT2D eigenvalue weighted by molar-refractivity contribution is 5.82. The predicted octanol–water partition coefficient (Wildman–Crippen LogP) is 3.14. The number of nitrogens with one attached hydrogen (secondary N) is 1. The molecule has 0 aliphatic heterocycles. The van der Waals surface area contributed by atoms with Gasteiger partial charge in [-0.2, -0.15) is 5.10 Å². The standard InChI is InChI=1S/C16H18N4/c1-3-14-16(11-20(2)19-14)18-10-12-8-9-17-15-7-5-4-6-13(12)15/h4-9,11,18H,3,10H2,1-2H3. The Labute approximate surface area is 118 Å². The van der Waals surface area contributed by atoms with Crippen molar-refractivity contribution < 1.29 is 0 Å². The van der Waals surface area contributed by atoms with Gasteiger partial charge in [-0.15, -0.1) is 0 Å². The number of pyridine rings is 1. The van der Waals surface area contributed by atoms with E-state index in [2.05, 4.69) is 40.5 Å². The van der Waals surface area contributed by atoms with E-state index in [1.165, 1.54) is 10.9 Å². The first-order valence-corrected chi connectivity index (χ1v) is 6.87. The van der Waals surface area contributed by atoms with Crippen LogP contribution in [0.2, 0.25) is 0 Å². The third-order valence-electron chi connectivity index (χ3n) is 3.45. The summed E-state index contributed by atoms with van der Waals surface area (Å²) in [5.41, 5.74) is 4.50. The lowest BCUT2D eigenvalue weighted by Gasteiger charge is -2.08. The molecule has 1 N–H and O–H groups in total. The second-order valence-corrected chi connectivity index (χ2v) is 4.86. The molecule has 0 radical (unpaired) electrons. The Hall–Kier alpha value is -2.36. The van der Waals surface area contributed by atoms with Crippen molar-refractivity contribution in [3.8, 4) is 0 Å². The lowest BCUT2D eigenvalue weighted by molar-refractivity contribution is 0.746. The summed E-state index contributed by atoms with van der Waals surface area (Å²) in [6, 6.07) is 10.3. The van der Waals surface area contributed by atoms with Gasteiger partial charge in [0.05, 0.1) is 16.9 Å². The molecule has 3 aromatic rings. The van der Waals surface area contributed by atoms with E-state index < -0.39 is 0 Å². The van der Waals surface area contributed by atoms with Crippen molar-refractivity contribution in [2.45, 2.75) is 19.9 Å². The Bertz CT molecular complexity index is 725. The number of fused-ring (bicyclic) bond motifs is 1. The molecule has 0 unspecified atom stereocenters. The van der Waals surface area contributed by atoms with E-state index in [0.717, 1.165) is 29.9 Å². The number of hydrogen-bond acceptors (Lipinski definition) is 3. The maximum absolute atomic E-state index is 4.45. The summed E-state index contributed by atoms with van der Waals surface area (Å²) >= 11 is 0. The molecule has 0 saturated carbocycles. The summed E-state index contributed by atoms with van der Waals surface area (Å²) in [6.07, 6.45) is 4.83. The van der Waals surface area contributed by atoms with Gasteiger partial charge in [-0.3, -0.25) is 9.67 Å². The lowest BCUT2D eigenvalue weighted by Crippen LogP contribution is -2.01. The topological polar surface area (TPSA) is 42.7 Å². The second kappa shape index (κ2) is 5.33. The second-order valence-electron chi connectivity index (χ2n) is 4.86. The van der Waals surface area contributed by atoms with Gasteiger partial charge < -0.3 is 5.32 Å². The van der Waals surface area contributed by atoms with Crippen LogP contribution in [-0.4, -0.2) is 14.8 Å². The van der Waals surface area contributed by atoms with E-state index in [4.69, 9.17) is 0 Å². The fraction of sp³-hybridized carbons (Fsp3) is 0.250. The average Bonchev–Trinajstić information content (AvgIpc) is 2.85. The number of anilines is 1. The highest BCUT2D eigenvalue weighted by Crippen LogP contribution is 2.19. The molecule has 20 heavy (non-hydrogen) atoms. The molecular weight excluding hydrogens is 248 g/mol. The predicted molar refractivity (Wildman–Crippen MR) is 81.7 cm³/mol. The largest absolute Gasteiger partial charge is 0.378 e. The molecule has 1 aromatic carbocycles. The molecule has 0 bridgehead atoms. The van der Waals surface area contributed by atoms with Crippen molar-refractivity contribution in [3.63, 3.8) is 0 Å². The maximum Gasteiger partial charge on any atom is 0.0853 e. The van der Waals surface area contributed by atoms with Crippen LogP contribution in [0, 0.1) is 0 Å². The van der Waals surface area contributed by atoms with Crippen molar-refractivity contribution in [1.29, 1.82) is 0 Å². The number of benzene rings is 1. The van der Waals surface area contributed by atoms with Gasteiger partial charge in [0.2, 0.25) is 0 Å². The minimum Gasteiger partial charge on any atom is -0.378 e. The molecule has 0 fully saturated rings. The zero-order valence-corrected chi connectivity index (χ0v) is 11.8. The van der Waals surface area contributed by atoms with Crippen molar-refractivity contribution in [2.75, 3.05) is 5.32 Å². The normalized spacial score (nSPS) is 10.9. The minimum absolute atomic E-state index is 0.779. The minimum atomic E-state index is 0.779. The molecule has 2 aromatic heterocycles. The highest BCUT2D eigenvalue weighted by Gasteiger charge is 2.06. The molecule has 102 valence electrons. The molecule has 2 heterocycles. The lowest BCUT2D eigenvalue weighted by atomic mass is 10.1. The quantitative estimate of drug-likeness (QED) is 0.789. The number of hydrogen-bond donors (Lipinski definition) is 1. The number of rotatable bonds is 4. The van der Waals surface area contributed by atoms with Gasteiger partial charge in [0.1, 0.15) is 0 Å². The van der Waals surface area contributed by atoms with Gasteiger partial charge >= 0.3 is 0 Å². The third-order valence-corrected chi connectivity index (χ3v) is 3.45. The third kappa shape index (κ3) is 2.37. The zero-order chi connectivity index (χ0) is 13.9. The Morgan fingerprint density at radius 2 is 2.05 bits per heavy atom. The molecule has 0 aliphatic carbocycles. The van der Waals surface area contributed by atoms with Gasteiger partial charge in [-0.1, -0.05) is 25.1 Å². The van der Waals surface area contributed by atoms with Crippen LogP contribution >= 0.6 is 0 Å². The summed E-state index contributed by atoms with van der Waals surface area (Å²) < 4.78 is 1.85. The first-order chi connectivity index (χ1) is 9.78. The van der Waals surface area contributed by atoms with E-state index in [9.17, 15) is 0 Å². The maximum atomic E-state index is 4.45. The van der Waals surface area contributed by atoms with Gasteiger partial charge in [0.15, 0.2) is 0 Å². The van der Waals surface area contributed by atoms with Crippen molar-refractivity contribution >= 4 is 16.6 Å². The van der Waals surface area contributed by atoms with Crippen LogP contribution in [0.25, 0.3) is 10.9 Å². The summed E-state index contributed by atoms with van der Waals surface area (Å²) in [5.74, 6) is 0. The first-order valence-electron chi connectivity index (χ1n) is 6.87. The van der Waals surface area contributed by atoms with E-state index in [0.29, 0.717) is 0 Å². The molecule has 0 aliphatic rings. The molecule has 3 rings (SSSR count). The van der Waals surface area contributed by atoms with E-state index in [1.54, 1.807) is 0 Å². The van der Waals surface area contributed by atoms with Crippen LogP contribution < -0.4 is 5.32 Å². The number of aryl methyl sites for hydroxylation is 2. The van der Waals surface area contributed by atoms with E-state index >= 15 is 0 Å². The molecule has 0 amide bonds. The first kappa shape index (κ1) is 12.7. The van der Waals surface area contributed by atoms with E-state index in [1.807, 2.05) is 36.3 Å². The van der Waals surface area contributed by atoms with Crippen molar-refractivity contribution in [1.82, 2.24) is 14.8 Å². The summed E-state index contributed by atoms with van der Waals surface area (Å²) in [4.78, 5) is 4.39. The Morgan fingerprint density at radius 3 is 2.90 bits per heavy atom. The molecular formula is C16H18N4. The summed E-state index contributed by atoms with van der Waals surface area (Å²) in [5, 5.41) is 9.13. The number of aromatic nitrogens is 3. The van der Waals surface area contributed by atoms with Crippen LogP contribution in [0.15, 0.2) is 42.7 Å². The molecule has 4 heteroatoms. The fourth-order valence-electron chi connectivity index (χ4n) is 2.44. The van der Waals surface area contributed by atoms with Crippen LogP contribution in [0.4, 0.5) is 5.69 Å². The molecule has 0 saturated heterocycles. The van der Waals surface area contributed by atoms with Crippen LogP contribution in [-0.2, 0) is 20.0 Å². The fourth-order valence-corrected chi connectivity index (χ4v) is 2.44. The van der Waals surface area contributed by atoms with E-state index in [-0.39, 0.29) is 0 Å². The summed E-state index contributed by atoms with van der Waals surface area (Å²) in [6.45, 7) is 2.90. The zero-order valence-electron chi connectivity index (χ0n) is 11.8. The Kier molecular flexibility index (Phi) is 3.37. The summed E-state index contributed by atoms with van der Waals surface area (Å²) in [7, 11) is 1.95. The SMILES string of the molecule is CCc1nn(C)cc1NCc1ccnc2ccccc12. The van der Waals surface area contributed by atoms with Crippen molar-refractivity contribution in [2.24, 2.45) is 7.05 Å². The van der Waals surface area contributed by atoms with Gasteiger partial charge in [-0.05, 0) is 24.1 Å². The highest BCUT2D eigenvalue weighted by atomic mass is 15.3. The Balaban J connectivity index is 1.86. The Morgan fingerprint density at radius 1 is 1.20 bits per heavy atom. The van der Waals surface area contributed by atoms with Crippen LogP contribution in [0.5, 0.6) is 0 Å². The van der Waals surface area contributed by atoms with Gasteiger partial charge in [0.25, 0.3) is 0 Å². The number of para-hydroxylation sites is 1. The van der Waals surface area contributed by atoms with Crippen LogP contribution in [0.3, 0.4) is 0 Å². The number of nitrogens with zero attached hydrogens (tertiary/aromatic N) is 3. The smallest absolute Gasteiger partial charge is 0.0853 e. The monoisotopic (exact) mass is 266 g/mol. The molecule has 0 atom stereocenters. The molecule has 0 spiro atoms. The molecule has 4 nitrogen and oxygen atoms in total. The van der Waals surface area contributed by atoms with Crippen molar-refractivity contribution in [3.05, 3.63) is 54.0 Å². The van der Waals surface area contributed by atoms with Gasteiger partial charge in [0, 0.05) is 31.4 Å². The average molecular weight is 266 g/mol. The van der Waals surface area contributed by atoms with Crippen LogP contribution in [0.1, 0.15) is 18.2 Å². The van der Waals surface area contributed by atoms with Gasteiger partial charge in [-0.25, -0.2) is 0 Å².